The number of aryl methyl sites for hydroxylation is 1. The minimum absolute atomic E-state index is 0.0320. The normalized spacial score (nSPS) is 14.2. The molecular formula is C27H28N4O2. The molecule has 0 aliphatic carbocycles. The lowest BCUT2D eigenvalue weighted by Gasteiger charge is -2.35. The predicted molar refractivity (Wildman–Crippen MR) is 130 cm³/mol. The van der Waals surface area contributed by atoms with Gasteiger partial charge in [0.25, 0.3) is 5.91 Å². The fraction of sp³-hybridized carbons (Fsp3) is 0.296. The van der Waals surface area contributed by atoms with Crippen molar-refractivity contribution < 1.29 is 9.59 Å². The number of aromatic nitrogens is 2. The second-order valence-electron chi connectivity index (χ2n) is 8.64. The van der Waals surface area contributed by atoms with Crippen LogP contribution in [0.1, 0.15) is 34.1 Å². The zero-order valence-corrected chi connectivity index (χ0v) is 19.1. The smallest absolute Gasteiger partial charge is 0.255 e. The van der Waals surface area contributed by atoms with E-state index in [0.717, 1.165) is 50.6 Å². The number of piperazine rings is 1. The molecule has 0 atom stereocenters. The number of benzene rings is 2. The number of rotatable bonds is 4. The van der Waals surface area contributed by atoms with Crippen molar-refractivity contribution in [2.24, 2.45) is 0 Å². The number of H-pyrrole nitrogens is 1. The molecule has 6 heteroatoms. The zero-order valence-electron chi connectivity index (χ0n) is 19.1. The Balaban J connectivity index is 1.31. The van der Waals surface area contributed by atoms with Gasteiger partial charge in [0.05, 0.1) is 17.5 Å². The largest absolute Gasteiger partial charge is 0.361 e. The van der Waals surface area contributed by atoms with E-state index in [2.05, 4.69) is 11.9 Å². The van der Waals surface area contributed by atoms with Gasteiger partial charge in [-0.05, 0) is 36.6 Å². The van der Waals surface area contributed by atoms with E-state index in [4.69, 9.17) is 4.98 Å². The van der Waals surface area contributed by atoms with Crippen molar-refractivity contribution in [2.45, 2.75) is 26.7 Å². The second kappa shape index (κ2) is 8.70. The van der Waals surface area contributed by atoms with Crippen LogP contribution in [0.15, 0.2) is 54.7 Å². The van der Waals surface area contributed by atoms with E-state index in [0.29, 0.717) is 32.6 Å². The number of carbonyl (C=O) groups excluding carboxylic acids is 2. The van der Waals surface area contributed by atoms with Crippen LogP contribution in [0.5, 0.6) is 0 Å². The second-order valence-corrected chi connectivity index (χ2v) is 8.64. The monoisotopic (exact) mass is 440 g/mol. The molecule has 1 aliphatic rings. The third-order valence-corrected chi connectivity index (χ3v) is 6.72. The van der Waals surface area contributed by atoms with Gasteiger partial charge >= 0.3 is 0 Å². The third kappa shape index (κ3) is 3.86. The molecule has 0 radical (unpaired) electrons. The molecule has 0 bridgehead atoms. The average Bonchev–Trinajstić information content (AvgIpc) is 3.26. The van der Waals surface area contributed by atoms with Crippen LogP contribution in [0.3, 0.4) is 0 Å². The van der Waals surface area contributed by atoms with Gasteiger partial charge in [-0.1, -0.05) is 43.3 Å². The van der Waals surface area contributed by atoms with Crippen LogP contribution in [0, 0.1) is 6.92 Å². The summed E-state index contributed by atoms with van der Waals surface area (Å²) in [7, 11) is 0. The van der Waals surface area contributed by atoms with Crippen molar-refractivity contribution in [3.05, 3.63) is 77.1 Å². The molecule has 1 aliphatic heterocycles. The Morgan fingerprint density at radius 1 is 0.939 bits per heavy atom. The predicted octanol–water partition coefficient (Wildman–Crippen LogP) is 4.11. The fourth-order valence-electron chi connectivity index (χ4n) is 4.85. The molecule has 1 fully saturated rings. The summed E-state index contributed by atoms with van der Waals surface area (Å²) in [6.07, 6.45) is 3.07. The van der Waals surface area contributed by atoms with Crippen molar-refractivity contribution in [1.82, 2.24) is 19.8 Å². The van der Waals surface area contributed by atoms with E-state index in [-0.39, 0.29) is 11.8 Å². The van der Waals surface area contributed by atoms with Gasteiger partial charge < -0.3 is 14.8 Å². The van der Waals surface area contributed by atoms with Crippen molar-refractivity contribution >= 4 is 33.6 Å². The number of hydrogen-bond donors (Lipinski definition) is 1. The van der Waals surface area contributed by atoms with Gasteiger partial charge in [-0.3, -0.25) is 14.6 Å². The standard InChI is InChI=1S/C27H28N4O2/c1-3-22-18(2)26(21-9-5-7-11-24(21)29-22)27(33)31-14-12-30(13-15-31)25(32)16-19-17-28-23-10-6-4-8-20(19)23/h4-11,17,28H,3,12-16H2,1-2H3. The van der Waals surface area contributed by atoms with E-state index in [1.165, 1.54) is 0 Å². The first-order valence-electron chi connectivity index (χ1n) is 11.6. The Morgan fingerprint density at radius 3 is 2.36 bits per heavy atom. The molecule has 33 heavy (non-hydrogen) atoms. The van der Waals surface area contributed by atoms with Crippen LogP contribution in [-0.2, 0) is 17.6 Å². The maximum atomic E-state index is 13.6. The van der Waals surface area contributed by atoms with E-state index in [1.54, 1.807) is 0 Å². The number of nitrogens with zero attached hydrogens (tertiary/aromatic N) is 3. The molecule has 0 saturated carbocycles. The summed E-state index contributed by atoms with van der Waals surface area (Å²) in [5.41, 5.74) is 5.58. The molecule has 1 saturated heterocycles. The summed E-state index contributed by atoms with van der Waals surface area (Å²) < 4.78 is 0. The van der Waals surface area contributed by atoms with Crippen LogP contribution in [0.4, 0.5) is 0 Å². The van der Waals surface area contributed by atoms with Crippen molar-refractivity contribution in [1.29, 1.82) is 0 Å². The summed E-state index contributed by atoms with van der Waals surface area (Å²) in [6.45, 7) is 6.24. The van der Waals surface area contributed by atoms with Gasteiger partial charge in [-0.15, -0.1) is 0 Å². The van der Waals surface area contributed by atoms with Crippen molar-refractivity contribution in [3.8, 4) is 0 Å². The number of pyridine rings is 1. The van der Waals surface area contributed by atoms with Crippen molar-refractivity contribution in [3.63, 3.8) is 0 Å². The van der Waals surface area contributed by atoms with Gasteiger partial charge in [0.1, 0.15) is 0 Å². The number of aromatic amines is 1. The fourth-order valence-corrected chi connectivity index (χ4v) is 4.85. The maximum absolute atomic E-state index is 13.6. The summed E-state index contributed by atoms with van der Waals surface area (Å²) in [5.74, 6) is 0.134. The van der Waals surface area contributed by atoms with E-state index < -0.39 is 0 Å². The third-order valence-electron chi connectivity index (χ3n) is 6.72. The quantitative estimate of drug-likeness (QED) is 0.519. The summed E-state index contributed by atoms with van der Waals surface area (Å²) in [4.78, 5) is 38.3. The Bertz CT molecular complexity index is 1350. The number of fused-ring (bicyclic) bond motifs is 2. The molecule has 3 heterocycles. The average molecular weight is 441 g/mol. The SMILES string of the molecule is CCc1nc2ccccc2c(C(=O)N2CCN(C(=O)Cc3c[nH]c4ccccc34)CC2)c1C. The highest BCUT2D eigenvalue weighted by atomic mass is 16.2. The number of carbonyl (C=O) groups is 2. The van der Waals surface area contributed by atoms with Gasteiger partial charge in [-0.2, -0.15) is 0 Å². The molecule has 168 valence electrons. The van der Waals surface area contributed by atoms with Gasteiger partial charge in [-0.25, -0.2) is 0 Å². The molecular weight excluding hydrogens is 412 g/mol. The van der Waals surface area contributed by atoms with E-state index >= 15 is 0 Å². The highest BCUT2D eigenvalue weighted by Gasteiger charge is 2.28. The van der Waals surface area contributed by atoms with Crippen LogP contribution >= 0.6 is 0 Å². The molecule has 4 aromatic rings. The molecule has 2 aromatic heterocycles. The molecule has 2 amide bonds. The molecule has 2 aromatic carbocycles. The zero-order chi connectivity index (χ0) is 22.9. The van der Waals surface area contributed by atoms with Gasteiger partial charge in [0.2, 0.25) is 5.91 Å². The molecule has 1 N–H and O–H groups in total. The number of hydrogen-bond acceptors (Lipinski definition) is 3. The van der Waals surface area contributed by atoms with Gasteiger partial charge in [0.15, 0.2) is 0 Å². The Morgan fingerprint density at radius 2 is 1.61 bits per heavy atom. The summed E-state index contributed by atoms with van der Waals surface area (Å²) in [5, 5.41) is 1.99. The lowest BCUT2D eigenvalue weighted by Crippen LogP contribution is -2.51. The summed E-state index contributed by atoms with van der Waals surface area (Å²) in [6, 6.07) is 15.9. The maximum Gasteiger partial charge on any atom is 0.255 e. The highest BCUT2D eigenvalue weighted by molar-refractivity contribution is 6.07. The number of amides is 2. The summed E-state index contributed by atoms with van der Waals surface area (Å²) >= 11 is 0. The lowest BCUT2D eigenvalue weighted by atomic mass is 9.99. The van der Waals surface area contributed by atoms with Crippen LogP contribution < -0.4 is 0 Å². The first-order valence-corrected chi connectivity index (χ1v) is 11.6. The lowest BCUT2D eigenvalue weighted by molar-refractivity contribution is -0.131. The number of para-hydroxylation sites is 2. The minimum atomic E-state index is 0.0320. The van der Waals surface area contributed by atoms with Crippen molar-refractivity contribution in [2.75, 3.05) is 26.2 Å². The molecule has 6 nitrogen and oxygen atoms in total. The van der Waals surface area contributed by atoms with Crippen LogP contribution in [0.2, 0.25) is 0 Å². The van der Waals surface area contributed by atoms with Crippen LogP contribution in [-0.4, -0.2) is 57.8 Å². The number of nitrogens with one attached hydrogen (secondary N) is 1. The minimum Gasteiger partial charge on any atom is -0.361 e. The Labute approximate surface area is 193 Å². The molecule has 5 rings (SSSR count). The molecule has 0 unspecified atom stereocenters. The Hall–Kier alpha value is -3.67. The topological polar surface area (TPSA) is 69.3 Å². The first kappa shape index (κ1) is 21.2. The van der Waals surface area contributed by atoms with Crippen LogP contribution in [0.25, 0.3) is 21.8 Å². The van der Waals surface area contributed by atoms with E-state index in [9.17, 15) is 9.59 Å². The molecule has 0 spiro atoms. The Kier molecular flexibility index (Phi) is 5.58. The highest BCUT2D eigenvalue weighted by Crippen LogP contribution is 2.26. The van der Waals surface area contributed by atoms with E-state index in [1.807, 2.05) is 71.5 Å². The first-order chi connectivity index (χ1) is 16.1. The van der Waals surface area contributed by atoms with Gasteiger partial charge in [0, 0.05) is 54.4 Å².